The number of fused-ring (bicyclic) bond motifs is 1. The molecule has 7 nitrogen and oxygen atoms in total. The Bertz CT molecular complexity index is 1160. The van der Waals surface area contributed by atoms with E-state index in [1.807, 2.05) is 50.2 Å². The van der Waals surface area contributed by atoms with Crippen molar-refractivity contribution in [2.45, 2.75) is 65.7 Å². The Balaban J connectivity index is 1.80. The fourth-order valence-corrected chi connectivity index (χ4v) is 5.35. The van der Waals surface area contributed by atoms with Crippen molar-refractivity contribution in [3.8, 4) is 5.75 Å². The van der Waals surface area contributed by atoms with Crippen molar-refractivity contribution in [1.82, 2.24) is 9.55 Å². The van der Waals surface area contributed by atoms with E-state index in [2.05, 4.69) is 23.7 Å². The normalized spacial score (nSPS) is 20.3. The predicted molar refractivity (Wildman–Crippen MR) is 138 cm³/mol. The van der Waals surface area contributed by atoms with Crippen LogP contribution in [-0.2, 0) is 16.1 Å². The van der Waals surface area contributed by atoms with E-state index in [1.165, 1.54) is 13.5 Å². The number of carbonyl (C=O) groups is 1. The van der Waals surface area contributed by atoms with Gasteiger partial charge < -0.3 is 24.1 Å². The third-order valence-corrected chi connectivity index (χ3v) is 6.62. The highest BCUT2D eigenvalue weighted by Crippen LogP contribution is 2.40. The molecule has 2 unspecified atom stereocenters. The van der Waals surface area contributed by atoms with Crippen LogP contribution in [0, 0.1) is 11.8 Å². The lowest BCUT2D eigenvalue weighted by molar-refractivity contribution is 0.0596. The Kier molecular flexibility index (Phi) is 7.65. The van der Waals surface area contributed by atoms with E-state index in [0.717, 1.165) is 46.8 Å². The maximum atomic E-state index is 12.5. The van der Waals surface area contributed by atoms with Gasteiger partial charge in [-0.05, 0) is 86.9 Å². The van der Waals surface area contributed by atoms with Crippen molar-refractivity contribution in [3.05, 3.63) is 47.5 Å². The minimum atomic E-state index is -0.385. The molecule has 1 N–H and O–H groups in total. The third-order valence-electron chi connectivity index (χ3n) is 6.62. The Morgan fingerprint density at radius 2 is 1.77 bits per heavy atom. The number of nitrogens with zero attached hydrogens (tertiary/aromatic N) is 2. The summed E-state index contributed by atoms with van der Waals surface area (Å²) in [7, 11) is 3.03. The summed E-state index contributed by atoms with van der Waals surface area (Å²) in [5.74, 6) is 2.49. The van der Waals surface area contributed by atoms with Crippen LogP contribution in [0.5, 0.6) is 5.75 Å². The van der Waals surface area contributed by atoms with Crippen LogP contribution in [-0.4, -0.2) is 35.8 Å². The highest BCUT2D eigenvalue weighted by atomic mass is 16.5. The molecular formula is C28H37N3O4. The monoisotopic (exact) mass is 479 g/mol. The van der Waals surface area contributed by atoms with Gasteiger partial charge in [-0.15, -0.1) is 0 Å². The number of anilines is 2. The highest BCUT2D eigenvalue weighted by Gasteiger charge is 2.29. The first kappa shape index (κ1) is 25.0. The maximum absolute atomic E-state index is 12.5. The van der Waals surface area contributed by atoms with Crippen molar-refractivity contribution < 1.29 is 19.0 Å². The molecule has 3 aromatic rings. The van der Waals surface area contributed by atoms with E-state index >= 15 is 0 Å². The molecule has 0 saturated heterocycles. The van der Waals surface area contributed by atoms with Crippen LogP contribution in [0.2, 0.25) is 0 Å². The molecular weight excluding hydrogens is 442 g/mol. The van der Waals surface area contributed by atoms with Gasteiger partial charge in [0.15, 0.2) is 0 Å². The van der Waals surface area contributed by atoms with Crippen molar-refractivity contribution in [1.29, 1.82) is 0 Å². The maximum Gasteiger partial charge on any atom is 0.338 e. The summed E-state index contributed by atoms with van der Waals surface area (Å²) in [6.07, 6.45) is 3.54. The van der Waals surface area contributed by atoms with E-state index in [-0.39, 0.29) is 12.1 Å². The predicted octanol–water partition coefficient (Wildman–Crippen LogP) is 6.50. The zero-order valence-electron chi connectivity index (χ0n) is 21.6. The first-order chi connectivity index (χ1) is 16.8. The van der Waals surface area contributed by atoms with Crippen molar-refractivity contribution in [2.75, 3.05) is 19.5 Å². The number of hydrogen-bond acceptors (Lipinski definition) is 6. The SMILES string of the molecule is COCc1cc2c(cc1C(=O)OC)nc(Nc1ccc(OC(C)C)cc1)n2C1CC(C)CC(C)C1. The van der Waals surface area contributed by atoms with Gasteiger partial charge in [0.25, 0.3) is 0 Å². The summed E-state index contributed by atoms with van der Waals surface area (Å²) >= 11 is 0. The lowest BCUT2D eigenvalue weighted by Crippen LogP contribution is -2.23. The van der Waals surface area contributed by atoms with Crippen LogP contribution in [0.3, 0.4) is 0 Å². The number of aromatic nitrogens is 2. The quantitative estimate of drug-likeness (QED) is 0.372. The van der Waals surface area contributed by atoms with Crippen LogP contribution in [0.25, 0.3) is 11.0 Å². The van der Waals surface area contributed by atoms with Crippen LogP contribution in [0.4, 0.5) is 11.6 Å². The minimum Gasteiger partial charge on any atom is -0.491 e. The van der Waals surface area contributed by atoms with Crippen molar-refractivity contribution >= 4 is 28.6 Å². The summed E-state index contributed by atoms with van der Waals surface area (Å²) in [4.78, 5) is 17.4. The second-order valence-corrected chi connectivity index (χ2v) is 10.1. The van der Waals surface area contributed by atoms with Crippen LogP contribution in [0.15, 0.2) is 36.4 Å². The first-order valence-corrected chi connectivity index (χ1v) is 12.4. The van der Waals surface area contributed by atoms with E-state index in [1.54, 1.807) is 7.11 Å². The van der Waals surface area contributed by atoms with Gasteiger partial charge in [-0.25, -0.2) is 9.78 Å². The van der Waals surface area contributed by atoms with Crippen molar-refractivity contribution in [3.63, 3.8) is 0 Å². The van der Waals surface area contributed by atoms with E-state index in [9.17, 15) is 4.79 Å². The molecule has 1 aliphatic carbocycles. The molecule has 0 radical (unpaired) electrons. The average molecular weight is 480 g/mol. The van der Waals surface area contributed by atoms with E-state index in [0.29, 0.717) is 30.0 Å². The molecule has 188 valence electrons. The third kappa shape index (κ3) is 5.61. The molecule has 1 aliphatic rings. The van der Waals surface area contributed by atoms with Crippen LogP contribution in [0.1, 0.15) is 68.9 Å². The van der Waals surface area contributed by atoms with Crippen LogP contribution >= 0.6 is 0 Å². The number of rotatable bonds is 8. The standard InChI is InChI=1S/C28H37N3O4/c1-17(2)35-23-9-7-21(8-10-23)29-28-30-25-15-24(27(32)34-6)20(16-33-5)14-26(25)31(28)22-12-18(3)11-19(4)13-22/h7-10,14-15,17-19,22H,11-13,16H2,1-6H3,(H,29,30). The Hall–Kier alpha value is -3.06. The van der Waals surface area contributed by atoms with E-state index in [4.69, 9.17) is 19.2 Å². The topological polar surface area (TPSA) is 74.6 Å². The van der Waals surface area contributed by atoms with Crippen LogP contribution < -0.4 is 10.1 Å². The van der Waals surface area contributed by atoms with Gasteiger partial charge in [0.1, 0.15) is 5.75 Å². The number of ether oxygens (including phenoxy) is 3. The second kappa shape index (κ2) is 10.7. The smallest absolute Gasteiger partial charge is 0.338 e. The zero-order chi connectivity index (χ0) is 25.1. The fraction of sp³-hybridized carbons (Fsp3) is 0.500. The van der Waals surface area contributed by atoms with Gasteiger partial charge in [-0.1, -0.05) is 13.8 Å². The fourth-order valence-electron chi connectivity index (χ4n) is 5.35. The number of esters is 1. The van der Waals surface area contributed by atoms with Gasteiger partial charge >= 0.3 is 5.97 Å². The summed E-state index contributed by atoms with van der Waals surface area (Å²) in [6, 6.07) is 12.1. The summed E-state index contributed by atoms with van der Waals surface area (Å²) in [6.45, 7) is 9.01. The zero-order valence-corrected chi connectivity index (χ0v) is 21.6. The molecule has 1 fully saturated rings. The number of nitrogens with one attached hydrogen (secondary N) is 1. The Morgan fingerprint density at radius 1 is 1.09 bits per heavy atom. The molecule has 1 heterocycles. The molecule has 4 rings (SSSR count). The van der Waals surface area contributed by atoms with Gasteiger partial charge in [0.2, 0.25) is 5.95 Å². The Labute approximate surface area is 207 Å². The number of benzene rings is 2. The Morgan fingerprint density at radius 3 is 2.37 bits per heavy atom. The summed E-state index contributed by atoms with van der Waals surface area (Å²) in [5.41, 5.74) is 3.97. The molecule has 1 saturated carbocycles. The number of imidazole rings is 1. The first-order valence-electron chi connectivity index (χ1n) is 12.4. The number of hydrogen-bond donors (Lipinski definition) is 1. The molecule has 2 atom stereocenters. The second-order valence-electron chi connectivity index (χ2n) is 10.1. The van der Waals surface area contributed by atoms with Crippen molar-refractivity contribution in [2.24, 2.45) is 11.8 Å². The highest BCUT2D eigenvalue weighted by molar-refractivity contribution is 5.96. The molecule has 0 aliphatic heterocycles. The molecule has 35 heavy (non-hydrogen) atoms. The molecule has 7 heteroatoms. The minimum absolute atomic E-state index is 0.124. The largest absolute Gasteiger partial charge is 0.491 e. The van der Waals surface area contributed by atoms with E-state index < -0.39 is 0 Å². The summed E-state index contributed by atoms with van der Waals surface area (Å²) in [5, 5.41) is 3.53. The average Bonchev–Trinajstić information content (AvgIpc) is 3.15. The molecule has 0 bridgehead atoms. The lowest BCUT2D eigenvalue weighted by atomic mass is 9.80. The van der Waals surface area contributed by atoms with Gasteiger partial charge in [-0.2, -0.15) is 0 Å². The number of carbonyl (C=O) groups excluding carboxylic acids is 1. The molecule has 2 aromatic carbocycles. The van der Waals surface area contributed by atoms with Gasteiger partial charge in [0, 0.05) is 18.8 Å². The number of methoxy groups -OCH3 is 2. The summed E-state index contributed by atoms with van der Waals surface area (Å²) < 4.78 is 18.5. The molecule has 0 amide bonds. The van der Waals surface area contributed by atoms with Gasteiger partial charge in [0.05, 0.1) is 36.4 Å². The molecule has 1 aromatic heterocycles. The molecule has 0 spiro atoms. The lowest BCUT2D eigenvalue weighted by Gasteiger charge is -2.33. The van der Waals surface area contributed by atoms with Gasteiger partial charge in [-0.3, -0.25) is 0 Å².